The Bertz CT molecular complexity index is 601. The number of hydrogen-bond donors (Lipinski definition) is 1. The van der Waals surface area contributed by atoms with Crippen LogP contribution < -0.4 is 5.73 Å². The lowest BCUT2D eigenvalue weighted by Crippen LogP contribution is -2.16. The molecule has 0 radical (unpaired) electrons. The number of halogens is 4. The van der Waals surface area contributed by atoms with Gasteiger partial charge in [0.25, 0.3) is 5.89 Å². The maximum Gasteiger partial charge on any atom is 0.411 e. The van der Waals surface area contributed by atoms with Gasteiger partial charge in [-0.25, -0.2) is 0 Å². The highest BCUT2D eigenvalue weighted by atomic mass is 127. The molecule has 0 amide bonds. The molecule has 2 N–H and O–H groups in total. The third kappa shape index (κ3) is 4.07. The maximum atomic E-state index is 11.9. The van der Waals surface area contributed by atoms with Crippen LogP contribution in [0.2, 0.25) is 0 Å². The number of anilines is 1. The fourth-order valence-corrected chi connectivity index (χ4v) is 1.88. The van der Waals surface area contributed by atoms with Crippen LogP contribution in [0.1, 0.15) is 5.82 Å². The summed E-state index contributed by atoms with van der Waals surface area (Å²) in [6.45, 7) is -1.74. The lowest BCUT2D eigenvalue weighted by atomic mass is 10.2. The lowest BCUT2D eigenvalue weighted by molar-refractivity contribution is -0.177. The fraction of sp³-hybridized carbons (Fsp3) is 0.273. The normalized spacial score (nSPS) is 11.8. The van der Waals surface area contributed by atoms with Gasteiger partial charge in [0.2, 0.25) is 0 Å². The molecule has 0 aliphatic rings. The molecular formula is C11H9F3IN3O2. The van der Waals surface area contributed by atoms with Crippen molar-refractivity contribution in [2.24, 2.45) is 0 Å². The SMILES string of the molecule is Nc1ccc(I)cc1-c1nc(COCC(F)(F)F)no1. The molecule has 5 nitrogen and oxygen atoms in total. The first-order valence-corrected chi connectivity index (χ1v) is 6.45. The molecule has 0 unspecified atom stereocenters. The first-order valence-electron chi connectivity index (χ1n) is 5.37. The van der Waals surface area contributed by atoms with Crippen molar-refractivity contribution in [3.05, 3.63) is 27.6 Å². The number of nitrogen functional groups attached to an aromatic ring is 1. The van der Waals surface area contributed by atoms with Crippen LogP contribution >= 0.6 is 22.6 Å². The van der Waals surface area contributed by atoms with Crippen LogP contribution in [0.25, 0.3) is 11.5 Å². The molecule has 2 aromatic rings. The monoisotopic (exact) mass is 399 g/mol. The minimum absolute atomic E-state index is 0.0301. The van der Waals surface area contributed by atoms with Crippen molar-refractivity contribution in [2.45, 2.75) is 12.8 Å². The molecule has 0 aliphatic heterocycles. The molecule has 0 bridgehead atoms. The van der Waals surface area contributed by atoms with Crippen molar-refractivity contribution < 1.29 is 22.4 Å². The van der Waals surface area contributed by atoms with E-state index in [9.17, 15) is 13.2 Å². The van der Waals surface area contributed by atoms with Gasteiger partial charge >= 0.3 is 6.18 Å². The quantitative estimate of drug-likeness (QED) is 0.632. The zero-order chi connectivity index (χ0) is 14.8. The van der Waals surface area contributed by atoms with E-state index < -0.39 is 12.8 Å². The average molecular weight is 399 g/mol. The molecule has 1 aromatic heterocycles. The highest BCUT2D eigenvalue weighted by Gasteiger charge is 2.27. The van der Waals surface area contributed by atoms with Gasteiger partial charge in [0, 0.05) is 9.26 Å². The molecule has 0 spiro atoms. The highest BCUT2D eigenvalue weighted by Crippen LogP contribution is 2.26. The maximum absolute atomic E-state index is 11.9. The molecule has 0 fully saturated rings. The van der Waals surface area contributed by atoms with E-state index in [0.717, 1.165) is 3.57 Å². The molecule has 1 aromatic carbocycles. The van der Waals surface area contributed by atoms with Crippen molar-refractivity contribution in [2.75, 3.05) is 12.3 Å². The molecule has 108 valence electrons. The van der Waals surface area contributed by atoms with Gasteiger partial charge in [-0.05, 0) is 40.8 Å². The summed E-state index contributed by atoms with van der Waals surface area (Å²) in [7, 11) is 0. The third-order valence-corrected chi connectivity index (χ3v) is 2.88. The highest BCUT2D eigenvalue weighted by molar-refractivity contribution is 14.1. The number of rotatable bonds is 4. The summed E-state index contributed by atoms with van der Waals surface area (Å²) in [6, 6.07) is 5.23. The molecule has 20 heavy (non-hydrogen) atoms. The van der Waals surface area contributed by atoms with Crippen molar-refractivity contribution in [3.63, 3.8) is 0 Å². The minimum Gasteiger partial charge on any atom is -0.398 e. The van der Waals surface area contributed by atoms with Gasteiger partial charge < -0.3 is 15.0 Å². The van der Waals surface area contributed by atoms with Crippen molar-refractivity contribution >= 4 is 28.3 Å². The van der Waals surface area contributed by atoms with Crippen molar-refractivity contribution in [1.82, 2.24) is 10.1 Å². The summed E-state index contributed by atoms with van der Waals surface area (Å²) in [4.78, 5) is 3.95. The Balaban J connectivity index is 2.07. The predicted molar refractivity (Wildman–Crippen MR) is 72.6 cm³/mol. The second-order valence-corrected chi connectivity index (χ2v) is 5.10. The Hall–Kier alpha value is -1.36. The second kappa shape index (κ2) is 5.95. The third-order valence-electron chi connectivity index (χ3n) is 2.21. The summed E-state index contributed by atoms with van der Waals surface area (Å²) in [5, 5.41) is 3.55. The van der Waals surface area contributed by atoms with Gasteiger partial charge in [-0.3, -0.25) is 0 Å². The molecule has 0 saturated heterocycles. The van der Waals surface area contributed by atoms with Gasteiger partial charge in [0.05, 0.1) is 5.56 Å². The van der Waals surface area contributed by atoms with E-state index in [1.807, 2.05) is 6.07 Å². The van der Waals surface area contributed by atoms with Crippen LogP contribution in [-0.4, -0.2) is 22.9 Å². The number of nitrogens with two attached hydrogens (primary N) is 1. The smallest absolute Gasteiger partial charge is 0.398 e. The topological polar surface area (TPSA) is 74.2 Å². The number of aromatic nitrogens is 2. The van der Waals surface area contributed by atoms with Crippen LogP contribution in [0.5, 0.6) is 0 Å². The number of hydrogen-bond acceptors (Lipinski definition) is 5. The molecular weight excluding hydrogens is 390 g/mol. The van der Waals surface area contributed by atoms with E-state index in [4.69, 9.17) is 10.3 Å². The average Bonchev–Trinajstić information content (AvgIpc) is 2.79. The standard InChI is InChI=1S/C11H9F3IN3O2/c12-11(13,14)5-19-4-9-17-10(20-18-9)7-3-6(15)1-2-8(7)16/h1-3H,4-5,16H2. The van der Waals surface area contributed by atoms with Gasteiger partial charge in [-0.1, -0.05) is 5.16 Å². The molecule has 9 heteroatoms. The van der Waals surface area contributed by atoms with E-state index in [1.54, 1.807) is 12.1 Å². The summed E-state index contributed by atoms with van der Waals surface area (Å²) in [5.74, 6) is 0.175. The zero-order valence-corrected chi connectivity index (χ0v) is 12.1. The van der Waals surface area contributed by atoms with E-state index in [1.165, 1.54) is 0 Å². The molecule has 0 atom stereocenters. The largest absolute Gasteiger partial charge is 0.411 e. The summed E-state index contributed by atoms with van der Waals surface area (Å²) in [5.41, 5.74) is 6.75. The van der Waals surface area contributed by atoms with Crippen LogP contribution in [0, 0.1) is 3.57 Å². The molecule has 0 saturated carbocycles. The van der Waals surface area contributed by atoms with Crippen LogP contribution in [0.4, 0.5) is 18.9 Å². The zero-order valence-electron chi connectivity index (χ0n) is 9.95. The Morgan fingerprint density at radius 3 is 2.80 bits per heavy atom. The van der Waals surface area contributed by atoms with E-state index in [-0.39, 0.29) is 18.3 Å². The van der Waals surface area contributed by atoms with Gasteiger partial charge in [-0.15, -0.1) is 0 Å². The lowest BCUT2D eigenvalue weighted by Gasteiger charge is -2.04. The summed E-state index contributed by atoms with van der Waals surface area (Å²) in [6.07, 6.45) is -4.38. The number of alkyl halides is 3. The number of benzene rings is 1. The fourth-order valence-electron chi connectivity index (χ4n) is 1.39. The first kappa shape index (κ1) is 15.0. The van der Waals surface area contributed by atoms with Gasteiger partial charge in [0.15, 0.2) is 5.82 Å². The Kier molecular flexibility index (Phi) is 4.48. The first-order chi connectivity index (χ1) is 9.35. The van der Waals surface area contributed by atoms with Crippen LogP contribution in [-0.2, 0) is 11.3 Å². The molecule has 1 heterocycles. The van der Waals surface area contributed by atoms with Crippen LogP contribution in [0.3, 0.4) is 0 Å². The minimum atomic E-state index is -4.38. The molecule has 2 rings (SSSR count). The Labute approximate surface area is 125 Å². The Morgan fingerprint density at radius 2 is 2.10 bits per heavy atom. The number of nitrogens with zero attached hydrogens (tertiary/aromatic N) is 2. The summed E-state index contributed by atoms with van der Waals surface area (Å²) >= 11 is 2.09. The van der Waals surface area contributed by atoms with Crippen molar-refractivity contribution in [1.29, 1.82) is 0 Å². The van der Waals surface area contributed by atoms with E-state index in [2.05, 4.69) is 37.5 Å². The van der Waals surface area contributed by atoms with Gasteiger partial charge in [0.1, 0.15) is 13.2 Å². The van der Waals surface area contributed by atoms with Gasteiger partial charge in [-0.2, -0.15) is 18.2 Å². The van der Waals surface area contributed by atoms with Crippen LogP contribution in [0.15, 0.2) is 22.7 Å². The van der Waals surface area contributed by atoms with E-state index in [0.29, 0.717) is 11.3 Å². The molecule has 0 aliphatic carbocycles. The predicted octanol–water partition coefficient (Wildman–Crippen LogP) is 3.00. The van der Waals surface area contributed by atoms with Crippen molar-refractivity contribution in [3.8, 4) is 11.5 Å². The van der Waals surface area contributed by atoms with E-state index >= 15 is 0 Å². The number of ether oxygens (including phenoxy) is 1. The Morgan fingerprint density at radius 1 is 1.35 bits per heavy atom. The summed E-state index contributed by atoms with van der Waals surface area (Å²) < 4.78 is 46.1. The second-order valence-electron chi connectivity index (χ2n) is 3.86.